The molecule has 0 aromatic heterocycles. The Morgan fingerprint density at radius 1 is 1.26 bits per heavy atom. The van der Waals surface area contributed by atoms with Gasteiger partial charge in [-0.25, -0.2) is 4.39 Å². The largest absolute Gasteiger partial charge is 0.495 e. The van der Waals surface area contributed by atoms with Crippen LogP contribution in [0, 0.1) is 5.82 Å². The van der Waals surface area contributed by atoms with Gasteiger partial charge in [-0.2, -0.15) is 0 Å². The van der Waals surface area contributed by atoms with E-state index in [2.05, 4.69) is 31.2 Å². The summed E-state index contributed by atoms with van der Waals surface area (Å²) >= 11 is 0. The molecule has 1 atom stereocenters. The van der Waals surface area contributed by atoms with E-state index < -0.39 is 6.10 Å². The third-order valence-electron chi connectivity index (χ3n) is 4.44. The minimum atomic E-state index is -0.772. The molecule has 0 fully saturated rings. The summed E-state index contributed by atoms with van der Waals surface area (Å²) in [5, 5.41) is 6.81. The Hall–Kier alpha value is -2.89. The Morgan fingerprint density at radius 3 is 2.70 bits per heavy atom. The number of hydrogen-bond acceptors (Lipinski definition) is 4. The first-order valence-corrected chi connectivity index (χ1v) is 8.76. The number of oxime groups is 1. The molecule has 0 spiro atoms. The van der Waals surface area contributed by atoms with E-state index >= 15 is 0 Å². The van der Waals surface area contributed by atoms with E-state index in [1.165, 1.54) is 12.1 Å². The van der Waals surface area contributed by atoms with Crippen molar-refractivity contribution in [2.75, 3.05) is 12.4 Å². The number of nitrogens with one attached hydrogen (secondary N) is 1. The third-order valence-corrected chi connectivity index (χ3v) is 4.44. The van der Waals surface area contributed by atoms with Crippen molar-refractivity contribution in [3.8, 4) is 5.75 Å². The van der Waals surface area contributed by atoms with Crippen LogP contribution in [0.2, 0.25) is 0 Å². The fraction of sp³-hybridized carbons (Fsp3) is 0.333. The number of carbonyl (C=O) groups is 1. The lowest BCUT2D eigenvalue weighted by Crippen LogP contribution is -2.28. The zero-order chi connectivity index (χ0) is 19.6. The summed E-state index contributed by atoms with van der Waals surface area (Å²) in [5.74, 6) is -0.109. The van der Waals surface area contributed by atoms with E-state index in [4.69, 9.17) is 9.57 Å². The van der Waals surface area contributed by atoms with Crippen LogP contribution in [0.1, 0.15) is 38.3 Å². The minimum absolute atomic E-state index is 0.0662. The SMILES string of the molecule is COc1ccc(C(C)(C)C)cc1NC(=O)[C@@H]1CC(c2cccc(F)c2)=NO1. The first-order valence-electron chi connectivity index (χ1n) is 8.76. The van der Waals surface area contributed by atoms with Gasteiger partial charge in [0.05, 0.1) is 18.5 Å². The van der Waals surface area contributed by atoms with Crippen LogP contribution in [-0.2, 0) is 15.0 Å². The molecule has 27 heavy (non-hydrogen) atoms. The van der Waals surface area contributed by atoms with Crippen LogP contribution in [0.15, 0.2) is 47.6 Å². The predicted octanol–water partition coefficient (Wildman–Crippen LogP) is 4.26. The number of hydrogen-bond donors (Lipinski definition) is 1. The van der Waals surface area contributed by atoms with Crippen molar-refractivity contribution < 1.29 is 18.8 Å². The van der Waals surface area contributed by atoms with Gasteiger partial charge in [0.15, 0.2) is 0 Å². The highest BCUT2D eigenvalue weighted by atomic mass is 19.1. The molecule has 2 aromatic rings. The van der Waals surface area contributed by atoms with E-state index in [0.29, 0.717) is 22.7 Å². The fourth-order valence-corrected chi connectivity index (χ4v) is 2.84. The van der Waals surface area contributed by atoms with Gasteiger partial charge in [0, 0.05) is 12.0 Å². The number of ether oxygens (including phenoxy) is 1. The topological polar surface area (TPSA) is 59.9 Å². The van der Waals surface area contributed by atoms with Crippen molar-refractivity contribution in [1.82, 2.24) is 0 Å². The standard InChI is InChI=1S/C21H23FN2O3/c1-21(2,3)14-8-9-18(26-4)17(11-14)23-20(25)19-12-16(24-27-19)13-6-5-7-15(22)10-13/h5-11,19H,12H2,1-4H3,(H,23,25)/t19-/m0/s1. The van der Waals surface area contributed by atoms with Crippen molar-refractivity contribution >= 4 is 17.3 Å². The van der Waals surface area contributed by atoms with Crippen molar-refractivity contribution in [1.29, 1.82) is 0 Å². The van der Waals surface area contributed by atoms with Crippen LogP contribution >= 0.6 is 0 Å². The molecule has 1 heterocycles. The number of anilines is 1. The molecule has 5 nitrogen and oxygen atoms in total. The number of nitrogens with zero attached hydrogens (tertiary/aromatic N) is 1. The summed E-state index contributed by atoms with van der Waals surface area (Å²) in [6.45, 7) is 6.29. The number of carbonyl (C=O) groups excluding carboxylic acids is 1. The van der Waals surface area contributed by atoms with E-state index in [1.807, 2.05) is 18.2 Å². The van der Waals surface area contributed by atoms with Crippen LogP contribution in [-0.4, -0.2) is 24.8 Å². The Bertz CT molecular complexity index is 887. The van der Waals surface area contributed by atoms with Crippen LogP contribution < -0.4 is 10.1 Å². The van der Waals surface area contributed by atoms with Crippen molar-refractivity contribution in [3.63, 3.8) is 0 Å². The van der Waals surface area contributed by atoms with Gasteiger partial charge in [-0.3, -0.25) is 4.79 Å². The van der Waals surface area contributed by atoms with Crippen LogP contribution in [0.3, 0.4) is 0 Å². The molecule has 1 N–H and O–H groups in total. The van der Waals surface area contributed by atoms with Crippen molar-refractivity contribution in [2.24, 2.45) is 5.16 Å². The van der Waals surface area contributed by atoms with E-state index in [9.17, 15) is 9.18 Å². The number of rotatable bonds is 4. The highest BCUT2D eigenvalue weighted by Gasteiger charge is 2.30. The van der Waals surface area contributed by atoms with Gasteiger partial charge in [-0.15, -0.1) is 0 Å². The highest BCUT2D eigenvalue weighted by molar-refractivity contribution is 6.06. The Morgan fingerprint density at radius 2 is 2.04 bits per heavy atom. The lowest BCUT2D eigenvalue weighted by molar-refractivity contribution is -0.125. The average Bonchev–Trinajstić information content (AvgIpc) is 3.11. The number of methoxy groups -OCH3 is 1. The van der Waals surface area contributed by atoms with Crippen LogP contribution in [0.4, 0.5) is 10.1 Å². The second-order valence-corrected chi connectivity index (χ2v) is 7.50. The molecule has 3 rings (SSSR count). The summed E-state index contributed by atoms with van der Waals surface area (Å²) in [6.07, 6.45) is -0.498. The zero-order valence-corrected chi connectivity index (χ0v) is 15.9. The smallest absolute Gasteiger partial charge is 0.268 e. The summed E-state index contributed by atoms with van der Waals surface area (Å²) in [5.41, 5.74) is 2.74. The molecule has 2 aromatic carbocycles. The van der Waals surface area contributed by atoms with Gasteiger partial charge in [-0.1, -0.05) is 44.1 Å². The molecule has 142 valence electrons. The van der Waals surface area contributed by atoms with Crippen molar-refractivity contribution in [3.05, 3.63) is 59.4 Å². The molecule has 6 heteroatoms. The Balaban J connectivity index is 1.73. The summed E-state index contributed by atoms with van der Waals surface area (Å²) in [6, 6.07) is 11.8. The van der Waals surface area contributed by atoms with Gasteiger partial charge in [0.1, 0.15) is 11.6 Å². The normalized spacial score (nSPS) is 16.5. The minimum Gasteiger partial charge on any atom is -0.495 e. The maximum atomic E-state index is 13.4. The average molecular weight is 370 g/mol. The quantitative estimate of drug-likeness (QED) is 0.875. The highest BCUT2D eigenvalue weighted by Crippen LogP contribution is 2.32. The van der Waals surface area contributed by atoms with Crippen LogP contribution in [0.5, 0.6) is 5.75 Å². The van der Waals surface area contributed by atoms with Gasteiger partial charge in [-0.05, 0) is 35.2 Å². The first-order chi connectivity index (χ1) is 12.8. The predicted molar refractivity (Wildman–Crippen MR) is 103 cm³/mol. The third kappa shape index (κ3) is 4.27. The Labute approximate surface area is 158 Å². The molecule has 0 aliphatic carbocycles. The summed E-state index contributed by atoms with van der Waals surface area (Å²) in [7, 11) is 1.55. The van der Waals surface area contributed by atoms with Gasteiger partial charge >= 0.3 is 0 Å². The maximum absolute atomic E-state index is 13.4. The molecular formula is C21H23FN2O3. The summed E-state index contributed by atoms with van der Waals surface area (Å²) < 4.78 is 18.7. The lowest BCUT2D eigenvalue weighted by atomic mass is 9.87. The summed E-state index contributed by atoms with van der Waals surface area (Å²) in [4.78, 5) is 17.9. The Kier molecular flexibility index (Phi) is 5.17. The lowest BCUT2D eigenvalue weighted by Gasteiger charge is -2.21. The molecule has 0 saturated heterocycles. The van der Waals surface area contributed by atoms with Gasteiger partial charge < -0.3 is 14.9 Å². The zero-order valence-electron chi connectivity index (χ0n) is 15.9. The van der Waals surface area contributed by atoms with Crippen molar-refractivity contribution in [2.45, 2.75) is 38.7 Å². The number of benzene rings is 2. The molecule has 0 bridgehead atoms. The van der Waals surface area contributed by atoms with Crippen LogP contribution in [0.25, 0.3) is 0 Å². The van der Waals surface area contributed by atoms with Gasteiger partial charge in [0.25, 0.3) is 5.91 Å². The van der Waals surface area contributed by atoms with E-state index in [-0.39, 0.29) is 23.6 Å². The van der Waals surface area contributed by atoms with E-state index in [1.54, 1.807) is 19.2 Å². The molecule has 0 radical (unpaired) electrons. The molecule has 0 saturated carbocycles. The molecular weight excluding hydrogens is 347 g/mol. The van der Waals surface area contributed by atoms with E-state index in [0.717, 1.165) is 5.56 Å². The fourth-order valence-electron chi connectivity index (χ4n) is 2.84. The first kappa shape index (κ1) is 18.9. The monoisotopic (exact) mass is 370 g/mol. The second kappa shape index (κ2) is 7.39. The molecule has 1 amide bonds. The maximum Gasteiger partial charge on any atom is 0.268 e. The molecule has 1 aliphatic rings. The molecule has 0 unspecified atom stereocenters. The second-order valence-electron chi connectivity index (χ2n) is 7.50. The number of halogens is 1. The van der Waals surface area contributed by atoms with Gasteiger partial charge in [0.2, 0.25) is 6.10 Å². The number of amides is 1. The molecule has 1 aliphatic heterocycles.